The van der Waals surface area contributed by atoms with E-state index in [1.54, 1.807) is 44.2 Å². The number of carbonyl (C=O) groups excluding carboxylic acids is 1. The van der Waals surface area contributed by atoms with Gasteiger partial charge in [-0.15, -0.1) is 0 Å². The van der Waals surface area contributed by atoms with Crippen molar-refractivity contribution in [3.05, 3.63) is 80.4 Å². The summed E-state index contributed by atoms with van der Waals surface area (Å²) in [6.45, 7) is 3.53. The zero-order valence-corrected chi connectivity index (χ0v) is 17.0. The van der Waals surface area contributed by atoms with Gasteiger partial charge in [0.2, 0.25) is 5.91 Å². The topological polar surface area (TPSA) is 84.0 Å². The first kappa shape index (κ1) is 22.3. The van der Waals surface area contributed by atoms with Crippen molar-refractivity contribution in [2.24, 2.45) is 0 Å². The highest BCUT2D eigenvalue weighted by molar-refractivity contribution is 5.80. The van der Waals surface area contributed by atoms with Crippen LogP contribution in [0.2, 0.25) is 0 Å². The molecular weight excluding hydrogens is 411 g/mol. The number of carbonyl (C=O) groups is 1. The van der Waals surface area contributed by atoms with Gasteiger partial charge in [0.25, 0.3) is 11.1 Å². The van der Waals surface area contributed by atoms with Crippen molar-refractivity contribution < 1.29 is 18.0 Å². The Kier molecular flexibility index (Phi) is 6.06. The van der Waals surface area contributed by atoms with Crippen molar-refractivity contribution >= 4 is 16.7 Å². The maximum atomic E-state index is 13.0. The van der Waals surface area contributed by atoms with Crippen LogP contribution in [0.25, 0.3) is 10.8 Å². The number of amides is 1. The van der Waals surface area contributed by atoms with E-state index in [1.165, 1.54) is 6.07 Å². The van der Waals surface area contributed by atoms with Crippen molar-refractivity contribution in [3.8, 4) is 0 Å². The molecule has 0 atom stereocenters. The van der Waals surface area contributed by atoms with Crippen molar-refractivity contribution in [1.82, 2.24) is 15.1 Å². The number of benzene rings is 2. The third-order valence-corrected chi connectivity index (χ3v) is 5.15. The molecule has 2 aromatic carbocycles. The predicted octanol–water partition coefficient (Wildman–Crippen LogP) is 3.19. The molecule has 0 radical (unpaired) electrons. The number of hydrogen-bond donors (Lipinski definition) is 2. The van der Waals surface area contributed by atoms with E-state index in [0.717, 1.165) is 16.8 Å². The lowest BCUT2D eigenvalue weighted by Crippen LogP contribution is -2.38. The average Bonchev–Trinajstić information content (AvgIpc) is 2.73. The lowest BCUT2D eigenvalue weighted by atomic mass is 9.83. The summed E-state index contributed by atoms with van der Waals surface area (Å²) in [5.41, 5.74) is -1.89. The van der Waals surface area contributed by atoms with Crippen LogP contribution in [0.3, 0.4) is 0 Å². The SMILES string of the molecule is CC(C)(CNC(=O)CCn1[nH]c(=O)c2ccccc2c1=O)c1cccc(C(F)(F)F)c1. The number of halogens is 3. The Hall–Kier alpha value is -3.36. The smallest absolute Gasteiger partial charge is 0.355 e. The Morgan fingerprint density at radius 2 is 1.65 bits per heavy atom. The number of aryl methyl sites for hydroxylation is 1. The summed E-state index contributed by atoms with van der Waals surface area (Å²) in [5.74, 6) is -0.388. The fourth-order valence-corrected chi connectivity index (χ4v) is 3.24. The van der Waals surface area contributed by atoms with Crippen molar-refractivity contribution in [1.29, 1.82) is 0 Å². The van der Waals surface area contributed by atoms with Crippen LogP contribution in [0.1, 0.15) is 31.4 Å². The number of rotatable bonds is 6. The Balaban J connectivity index is 1.66. The maximum absolute atomic E-state index is 13.0. The lowest BCUT2D eigenvalue weighted by Gasteiger charge is -2.26. The molecule has 0 aliphatic carbocycles. The zero-order chi connectivity index (χ0) is 22.8. The second kappa shape index (κ2) is 8.41. The Morgan fingerprint density at radius 1 is 1.00 bits per heavy atom. The summed E-state index contributed by atoms with van der Waals surface area (Å²) in [5, 5.41) is 5.68. The summed E-state index contributed by atoms with van der Waals surface area (Å²) < 4.78 is 40.0. The maximum Gasteiger partial charge on any atom is 0.416 e. The molecule has 3 aromatic rings. The van der Waals surface area contributed by atoms with Gasteiger partial charge in [0.1, 0.15) is 0 Å². The highest BCUT2D eigenvalue weighted by Crippen LogP contribution is 2.32. The van der Waals surface area contributed by atoms with Gasteiger partial charge in [-0.05, 0) is 23.8 Å². The van der Waals surface area contributed by atoms with Crippen LogP contribution in [0.15, 0.2) is 58.1 Å². The van der Waals surface area contributed by atoms with Gasteiger partial charge in [0.15, 0.2) is 0 Å². The summed E-state index contributed by atoms with van der Waals surface area (Å²) >= 11 is 0. The van der Waals surface area contributed by atoms with Crippen LogP contribution >= 0.6 is 0 Å². The van der Waals surface area contributed by atoms with E-state index < -0.39 is 28.3 Å². The van der Waals surface area contributed by atoms with Crippen molar-refractivity contribution in [2.75, 3.05) is 6.54 Å². The molecule has 164 valence electrons. The highest BCUT2D eigenvalue weighted by atomic mass is 19.4. The molecule has 0 aliphatic heterocycles. The number of aromatic amines is 1. The molecule has 31 heavy (non-hydrogen) atoms. The number of fused-ring (bicyclic) bond motifs is 1. The fraction of sp³-hybridized carbons (Fsp3) is 0.318. The molecule has 0 bridgehead atoms. The van der Waals surface area contributed by atoms with Crippen LogP contribution in [0, 0.1) is 0 Å². The monoisotopic (exact) mass is 433 g/mol. The summed E-state index contributed by atoms with van der Waals surface area (Å²) in [4.78, 5) is 36.9. The molecule has 3 rings (SSSR count). The Morgan fingerprint density at radius 3 is 2.32 bits per heavy atom. The molecule has 1 aromatic heterocycles. The minimum Gasteiger partial charge on any atom is -0.355 e. The van der Waals surface area contributed by atoms with E-state index in [2.05, 4.69) is 10.4 Å². The van der Waals surface area contributed by atoms with E-state index in [-0.39, 0.29) is 36.2 Å². The lowest BCUT2D eigenvalue weighted by molar-refractivity contribution is -0.137. The van der Waals surface area contributed by atoms with Crippen LogP contribution in [0.4, 0.5) is 13.2 Å². The minimum atomic E-state index is -4.45. The van der Waals surface area contributed by atoms with E-state index >= 15 is 0 Å². The average molecular weight is 433 g/mol. The van der Waals surface area contributed by atoms with Crippen molar-refractivity contribution in [3.63, 3.8) is 0 Å². The molecule has 1 amide bonds. The Labute approximate surface area is 175 Å². The second-order valence-electron chi connectivity index (χ2n) is 7.93. The number of nitrogens with zero attached hydrogens (tertiary/aromatic N) is 1. The van der Waals surface area contributed by atoms with Crippen LogP contribution in [-0.2, 0) is 22.9 Å². The van der Waals surface area contributed by atoms with Crippen LogP contribution in [-0.4, -0.2) is 22.2 Å². The number of hydrogen-bond acceptors (Lipinski definition) is 3. The zero-order valence-electron chi connectivity index (χ0n) is 17.0. The molecule has 2 N–H and O–H groups in total. The van der Waals surface area contributed by atoms with E-state index in [0.29, 0.717) is 5.56 Å². The van der Waals surface area contributed by atoms with Crippen LogP contribution < -0.4 is 16.4 Å². The molecule has 6 nitrogen and oxygen atoms in total. The van der Waals surface area contributed by atoms with E-state index in [1.807, 2.05) is 0 Å². The summed E-state index contributed by atoms with van der Waals surface area (Å²) in [6, 6.07) is 11.4. The van der Waals surface area contributed by atoms with Gasteiger partial charge in [-0.25, -0.2) is 4.68 Å². The highest BCUT2D eigenvalue weighted by Gasteiger charge is 2.32. The largest absolute Gasteiger partial charge is 0.416 e. The molecule has 9 heteroatoms. The first-order valence-electron chi connectivity index (χ1n) is 9.65. The molecule has 0 fully saturated rings. The number of H-pyrrole nitrogens is 1. The molecular formula is C22H22F3N3O3. The minimum absolute atomic E-state index is 0.0330. The predicted molar refractivity (Wildman–Crippen MR) is 111 cm³/mol. The quantitative estimate of drug-likeness (QED) is 0.626. The first-order chi connectivity index (χ1) is 14.5. The van der Waals surface area contributed by atoms with Gasteiger partial charge in [-0.2, -0.15) is 13.2 Å². The molecule has 1 heterocycles. The molecule has 0 saturated carbocycles. The van der Waals surface area contributed by atoms with Gasteiger partial charge in [-0.3, -0.25) is 19.5 Å². The molecule has 0 unspecified atom stereocenters. The van der Waals surface area contributed by atoms with Gasteiger partial charge in [-0.1, -0.05) is 44.2 Å². The molecule has 0 saturated heterocycles. The third-order valence-electron chi connectivity index (χ3n) is 5.15. The fourth-order valence-electron chi connectivity index (χ4n) is 3.24. The standard InChI is InChI=1S/C22H22F3N3O3/c1-21(2,14-6-5-7-15(12-14)22(23,24)25)13-26-18(29)10-11-28-20(31)17-9-4-3-8-16(17)19(30)27-28/h3-9,12H,10-11,13H2,1-2H3,(H,26,29)(H,27,30). The normalized spacial score (nSPS) is 12.2. The van der Waals surface area contributed by atoms with E-state index in [9.17, 15) is 27.6 Å². The van der Waals surface area contributed by atoms with E-state index in [4.69, 9.17) is 0 Å². The molecule has 0 aliphatic rings. The first-order valence-corrected chi connectivity index (χ1v) is 9.65. The van der Waals surface area contributed by atoms with Gasteiger partial charge in [0.05, 0.1) is 22.9 Å². The number of nitrogens with one attached hydrogen (secondary N) is 2. The van der Waals surface area contributed by atoms with Crippen molar-refractivity contribution in [2.45, 2.75) is 38.4 Å². The summed E-state index contributed by atoms with van der Waals surface area (Å²) in [7, 11) is 0. The van der Waals surface area contributed by atoms with Gasteiger partial charge in [0, 0.05) is 18.4 Å². The van der Waals surface area contributed by atoms with Gasteiger partial charge < -0.3 is 5.32 Å². The van der Waals surface area contributed by atoms with Crippen LogP contribution in [0.5, 0.6) is 0 Å². The Bertz CT molecular complexity index is 1230. The second-order valence-corrected chi connectivity index (χ2v) is 7.93. The molecule has 0 spiro atoms. The summed E-state index contributed by atoms with van der Waals surface area (Å²) in [6.07, 6.45) is -4.52. The number of aromatic nitrogens is 2. The van der Waals surface area contributed by atoms with Gasteiger partial charge >= 0.3 is 6.18 Å². The number of alkyl halides is 3. The third kappa shape index (κ3) is 5.04.